The van der Waals surface area contributed by atoms with Crippen LogP contribution in [0.2, 0.25) is 0 Å². The zero-order valence-electron chi connectivity index (χ0n) is 11.5. The third kappa shape index (κ3) is 2.16. The quantitative estimate of drug-likeness (QED) is 0.804. The molecule has 0 amide bonds. The Hall–Kier alpha value is -0.960. The highest BCUT2D eigenvalue weighted by Gasteiger charge is 2.39. The van der Waals surface area contributed by atoms with E-state index >= 15 is 0 Å². The molecule has 2 aliphatic heterocycles. The highest BCUT2D eigenvalue weighted by atomic mass is 32.2. The number of nitrogens with zero attached hydrogens (tertiary/aromatic N) is 3. The molecule has 0 radical (unpaired) electrons. The van der Waals surface area contributed by atoms with Crippen LogP contribution >= 0.6 is 0 Å². The van der Waals surface area contributed by atoms with Crippen molar-refractivity contribution in [2.24, 2.45) is 0 Å². The fraction of sp³-hybridized carbons (Fsp3) is 0.750. The summed E-state index contributed by atoms with van der Waals surface area (Å²) in [7, 11) is -1.52. The molecule has 3 heterocycles. The molecule has 1 aromatic heterocycles. The van der Waals surface area contributed by atoms with Gasteiger partial charge in [-0.2, -0.15) is 9.40 Å². The minimum atomic E-state index is -3.60. The van der Waals surface area contributed by atoms with E-state index < -0.39 is 10.0 Å². The van der Waals surface area contributed by atoms with Gasteiger partial charge in [-0.15, -0.1) is 0 Å². The summed E-state index contributed by atoms with van der Waals surface area (Å²) in [6.45, 7) is 0.710. The lowest BCUT2D eigenvalue weighted by molar-refractivity contribution is 0.246. The Labute approximate surface area is 118 Å². The lowest BCUT2D eigenvalue weighted by atomic mass is 10.1. The van der Waals surface area contributed by atoms with Crippen LogP contribution in [0.4, 0.5) is 0 Å². The summed E-state index contributed by atoms with van der Waals surface area (Å²) in [5.41, 5.74) is 0.327. The molecule has 1 aromatic rings. The molecule has 2 fully saturated rings. The average molecular weight is 300 g/mol. The van der Waals surface area contributed by atoms with Gasteiger partial charge in [0.2, 0.25) is 0 Å². The van der Waals surface area contributed by atoms with Gasteiger partial charge >= 0.3 is 0 Å². The number of rotatable bonds is 3. The van der Waals surface area contributed by atoms with Crippen molar-refractivity contribution in [1.82, 2.24) is 19.4 Å². The van der Waals surface area contributed by atoms with Crippen molar-refractivity contribution < 1.29 is 13.5 Å². The molecular formula is C12H20N4O3S. The van der Waals surface area contributed by atoms with Gasteiger partial charge in [0.15, 0.2) is 5.03 Å². The summed E-state index contributed by atoms with van der Waals surface area (Å²) in [4.78, 5) is 2.30. The van der Waals surface area contributed by atoms with Crippen molar-refractivity contribution in [2.75, 3.05) is 20.1 Å². The molecule has 2 unspecified atom stereocenters. The van der Waals surface area contributed by atoms with E-state index in [0.29, 0.717) is 24.7 Å². The second-order valence-electron chi connectivity index (χ2n) is 5.58. The Kier molecular flexibility index (Phi) is 3.57. The van der Waals surface area contributed by atoms with E-state index in [4.69, 9.17) is 0 Å². The highest BCUT2D eigenvalue weighted by Crippen LogP contribution is 2.31. The van der Waals surface area contributed by atoms with Gasteiger partial charge in [0.05, 0.1) is 12.8 Å². The maximum absolute atomic E-state index is 12.7. The van der Waals surface area contributed by atoms with E-state index in [1.54, 1.807) is 0 Å². The monoisotopic (exact) mass is 300 g/mol. The number of hydrogen-bond donors (Lipinski definition) is 2. The Balaban J connectivity index is 1.89. The molecule has 0 saturated carbocycles. The number of aliphatic hydroxyl groups is 1. The number of nitrogens with one attached hydrogen (secondary N) is 1. The zero-order chi connectivity index (χ0) is 14.3. The van der Waals surface area contributed by atoms with Crippen LogP contribution in [0.5, 0.6) is 0 Å². The highest BCUT2D eigenvalue weighted by molar-refractivity contribution is 7.89. The largest absolute Gasteiger partial charge is 0.392 e. The third-order valence-electron chi connectivity index (χ3n) is 4.56. The second kappa shape index (κ2) is 5.10. The van der Waals surface area contributed by atoms with Crippen LogP contribution in [0.3, 0.4) is 0 Å². The van der Waals surface area contributed by atoms with E-state index in [0.717, 1.165) is 19.3 Å². The van der Waals surface area contributed by atoms with Crippen LogP contribution in [-0.4, -0.2) is 65.1 Å². The van der Waals surface area contributed by atoms with Crippen molar-refractivity contribution in [3.8, 4) is 0 Å². The smallest absolute Gasteiger partial charge is 0.260 e. The molecule has 20 heavy (non-hydrogen) atoms. The van der Waals surface area contributed by atoms with Gasteiger partial charge in [0.1, 0.15) is 0 Å². The fourth-order valence-corrected chi connectivity index (χ4v) is 4.85. The Morgan fingerprint density at radius 2 is 2.15 bits per heavy atom. The van der Waals surface area contributed by atoms with Gasteiger partial charge in [-0.25, -0.2) is 8.42 Å². The van der Waals surface area contributed by atoms with Crippen LogP contribution in [0.15, 0.2) is 11.2 Å². The summed E-state index contributed by atoms with van der Waals surface area (Å²) >= 11 is 0. The maximum atomic E-state index is 12.7. The Morgan fingerprint density at radius 3 is 2.90 bits per heavy atom. The topological polar surface area (TPSA) is 89.5 Å². The number of likely N-dealkylation sites (N-methyl/N-ethyl adjacent to an activating group) is 1. The minimum Gasteiger partial charge on any atom is -0.392 e. The molecule has 0 aliphatic carbocycles. The second-order valence-corrected chi connectivity index (χ2v) is 7.46. The lowest BCUT2D eigenvalue weighted by Gasteiger charge is -2.25. The molecule has 0 spiro atoms. The van der Waals surface area contributed by atoms with Gasteiger partial charge in [-0.1, -0.05) is 0 Å². The summed E-state index contributed by atoms with van der Waals surface area (Å²) in [5, 5.41) is 15.5. The van der Waals surface area contributed by atoms with Gasteiger partial charge in [0.25, 0.3) is 10.0 Å². The van der Waals surface area contributed by atoms with Crippen LogP contribution < -0.4 is 0 Å². The predicted octanol–water partition coefficient (Wildman–Crippen LogP) is -0.241. The summed E-state index contributed by atoms with van der Waals surface area (Å²) in [5.74, 6) is 0. The maximum Gasteiger partial charge on any atom is 0.260 e. The number of hydrogen-bond acceptors (Lipinski definition) is 5. The average Bonchev–Trinajstić information content (AvgIpc) is 2.95. The standard InChI is InChI=1S/C12H20N4O3S/c1-15-10-2-3-11(15)7-16(5-4-10)20(18,19)12-9(8-17)6-13-14-12/h6,10-11,17H,2-5,7-8H2,1H3,(H,13,14). The number of fused-ring (bicyclic) bond motifs is 2. The number of aliphatic hydroxyl groups excluding tert-OH is 1. The van der Waals surface area contributed by atoms with Crippen LogP contribution in [0.25, 0.3) is 0 Å². The summed E-state index contributed by atoms with van der Waals surface area (Å²) < 4.78 is 26.9. The molecule has 3 rings (SSSR count). The van der Waals surface area contributed by atoms with E-state index in [1.807, 2.05) is 0 Å². The van der Waals surface area contributed by atoms with Crippen molar-refractivity contribution in [1.29, 1.82) is 0 Å². The number of sulfonamides is 1. The zero-order valence-corrected chi connectivity index (χ0v) is 12.3. The first kappa shape index (κ1) is 14.0. The number of aromatic amines is 1. The van der Waals surface area contributed by atoms with Crippen LogP contribution in [0.1, 0.15) is 24.8 Å². The molecule has 2 saturated heterocycles. The Bertz CT molecular complexity index is 585. The molecule has 7 nitrogen and oxygen atoms in total. The first-order valence-electron chi connectivity index (χ1n) is 6.89. The molecule has 0 aromatic carbocycles. The van der Waals surface area contributed by atoms with Gasteiger partial charge in [-0.05, 0) is 26.3 Å². The van der Waals surface area contributed by atoms with Crippen molar-refractivity contribution >= 4 is 10.0 Å². The molecule has 2 atom stereocenters. The molecular weight excluding hydrogens is 280 g/mol. The van der Waals surface area contributed by atoms with Crippen LogP contribution in [-0.2, 0) is 16.6 Å². The summed E-state index contributed by atoms with van der Waals surface area (Å²) in [6, 6.07) is 0.775. The Morgan fingerprint density at radius 1 is 1.40 bits per heavy atom. The lowest BCUT2D eigenvalue weighted by Crippen LogP contribution is -2.40. The molecule has 8 heteroatoms. The van der Waals surface area contributed by atoms with Gasteiger partial charge in [-0.3, -0.25) is 10.00 Å². The normalized spacial score (nSPS) is 28.7. The molecule has 2 N–H and O–H groups in total. The third-order valence-corrected chi connectivity index (χ3v) is 6.44. The number of aromatic nitrogens is 2. The van der Waals surface area contributed by atoms with Crippen LogP contribution in [0, 0.1) is 0 Å². The SMILES string of the molecule is CN1C2CCC1CN(S(=O)(=O)c1[nH]ncc1CO)CC2. The van der Waals surface area contributed by atoms with Gasteiger partial charge in [0, 0.05) is 30.7 Å². The van der Waals surface area contributed by atoms with E-state index in [2.05, 4.69) is 22.1 Å². The number of H-pyrrole nitrogens is 1. The predicted molar refractivity (Wildman–Crippen MR) is 72.5 cm³/mol. The van der Waals surface area contributed by atoms with E-state index in [-0.39, 0.29) is 17.7 Å². The van der Waals surface area contributed by atoms with Crippen molar-refractivity contribution in [3.63, 3.8) is 0 Å². The van der Waals surface area contributed by atoms with E-state index in [9.17, 15) is 13.5 Å². The summed E-state index contributed by atoms with van der Waals surface area (Å²) in [6.07, 6.45) is 4.42. The fourth-order valence-electron chi connectivity index (χ4n) is 3.26. The molecule has 112 valence electrons. The minimum absolute atomic E-state index is 0.0282. The van der Waals surface area contributed by atoms with E-state index in [1.165, 1.54) is 10.5 Å². The van der Waals surface area contributed by atoms with Gasteiger partial charge < -0.3 is 5.11 Å². The first-order chi connectivity index (χ1) is 9.54. The molecule has 2 aliphatic rings. The van der Waals surface area contributed by atoms with Crippen molar-refractivity contribution in [2.45, 2.75) is 43.0 Å². The molecule has 2 bridgehead atoms. The first-order valence-corrected chi connectivity index (χ1v) is 8.33. The van der Waals surface area contributed by atoms with Crippen molar-refractivity contribution in [3.05, 3.63) is 11.8 Å².